The summed E-state index contributed by atoms with van der Waals surface area (Å²) in [7, 11) is -2.58. The van der Waals surface area contributed by atoms with Crippen molar-refractivity contribution in [3.8, 4) is 5.75 Å². The van der Waals surface area contributed by atoms with Crippen LogP contribution in [0.25, 0.3) is 0 Å². The van der Waals surface area contributed by atoms with Crippen molar-refractivity contribution in [3.05, 3.63) is 23.8 Å². The predicted octanol–water partition coefficient (Wildman–Crippen LogP) is 1.54. The smallest absolute Gasteiger partial charge is 0.321 e. The molecule has 2 N–H and O–H groups in total. The van der Waals surface area contributed by atoms with E-state index in [1.807, 2.05) is 0 Å². The van der Waals surface area contributed by atoms with Crippen molar-refractivity contribution in [3.63, 3.8) is 0 Å². The number of benzene rings is 1. The van der Waals surface area contributed by atoms with Crippen molar-refractivity contribution < 1.29 is 23.1 Å². The van der Waals surface area contributed by atoms with E-state index in [9.17, 15) is 13.2 Å². The molecule has 1 atom stereocenters. The Kier molecular flexibility index (Phi) is 5.52. The van der Waals surface area contributed by atoms with E-state index in [2.05, 4.69) is 4.72 Å². The fraction of sp³-hybridized carbons (Fsp3) is 0.462. The maximum Gasteiger partial charge on any atom is 0.321 e. The molecule has 0 unspecified atom stereocenters. The van der Waals surface area contributed by atoms with E-state index >= 15 is 0 Å². The van der Waals surface area contributed by atoms with Gasteiger partial charge in [-0.25, -0.2) is 8.42 Å². The number of hydrogen-bond acceptors (Lipinski definition) is 4. The highest BCUT2D eigenvalue weighted by atomic mass is 32.2. The topological polar surface area (TPSA) is 92.7 Å². The van der Waals surface area contributed by atoms with E-state index in [1.165, 1.54) is 13.2 Å². The van der Waals surface area contributed by atoms with E-state index in [0.29, 0.717) is 6.42 Å². The molecule has 0 aromatic heterocycles. The summed E-state index contributed by atoms with van der Waals surface area (Å²) in [5.41, 5.74) is 0.744. The minimum atomic E-state index is -3.95. The molecule has 6 nitrogen and oxygen atoms in total. The first-order valence-electron chi connectivity index (χ1n) is 6.21. The lowest BCUT2D eigenvalue weighted by atomic mass is 10.2. The number of carboxylic acid groups (broad SMARTS) is 1. The van der Waals surface area contributed by atoms with E-state index in [1.54, 1.807) is 26.0 Å². The lowest BCUT2D eigenvalue weighted by Gasteiger charge is -2.16. The number of carboxylic acids is 1. The molecule has 0 aliphatic heterocycles. The van der Waals surface area contributed by atoms with Gasteiger partial charge < -0.3 is 9.84 Å². The van der Waals surface area contributed by atoms with Gasteiger partial charge in [-0.2, -0.15) is 4.72 Å². The minimum Gasteiger partial charge on any atom is -0.495 e. The standard InChI is InChI=1S/C13H19NO5S/c1-4-5-10(13(15)16)14-20(17,18)12-8-9(2)6-7-11(12)19-3/h6-8,10,14H,4-5H2,1-3H3,(H,15,16)/t10-/m0/s1. The Balaban J connectivity index is 3.16. The normalized spacial score (nSPS) is 12.9. The molecule has 0 amide bonds. The number of aryl methyl sites for hydroxylation is 1. The quantitative estimate of drug-likeness (QED) is 0.797. The molecule has 0 bridgehead atoms. The molecule has 1 aromatic rings. The third-order valence-electron chi connectivity index (χ3n) is 2.78. The van der Waals surface area contributed by atoms with Gasteiger partial charge in [0, 0.05) is 0 Å². The van der Waals surface area contributed by atoms with Gasteiger partial charge >= 0.3 is 5.97 Å². The average molecular weight is 301 g/mol. The van der Waals surface area contributed by atoms with Gasteiger partial charge in [0.25, 0.3) is 0 Å². The number of sulfonamides is 1. The van der Waals surface area contributed by atoms with Crippen LogP contribution in [0.4, 0.5) is 0 Å². The number of ether oxygens (including phenoxy) is 1. The monoisotopic (exact) mass is 301 g/mol. The average Bonchev–Trinajstić information content (AvgIpc) is 2.38. The third-order valence-corrected chi connectivity index (χ3v) is 4.27. The van der Waals surface area contributed by atoms with E-state index in [0.717, 1.165) is 5.56 Å². The zero-order valence-corrected chi connectivity index (χ0v) is 12.5. The van der Waals surface area contributed by atoms with Crippen LogP contribution in [0.15, 0.2) is 23.1 Å². The van der Waals surface area contributed by atoms with Crippen LogP contribution in [0.1, 0.15) is 25.3 Å². The molecule has 0 aliphatic carbocycles. The van der Waals surface area contributed by atoms with Gasteiger partial charge in [-0.3, -0.25) is 4.79 Å². The van der Waals surface area contributed by atoms with Gasteiger partial charge in [0.2, 0.25) is 10.0 Å². The zero-order chi connectivity index (χ0) is 15.3. The molecule has 0 heterocycles. The Morgan fingerprint density at radius 3 is 2.60 bits per heavy atom. The van der Waals surface area contributed by atoms with E-state index < -0.39 is 22.0 Å². The summed E-state index contributed by atoms with van der Waals surface area (Å²) in [4.78, 5) is 11.0. The lowest BCUT2D eigenvalue weighted by molar-refractivity contribution is -0.139. The first-order valence-corrected chi connectivity index (χ1v) is 7.70. The molecule has 0 saturated carbocycles. The molecular weight excluding hydrogens is 282 g/mol. The lowest BCUT2D eigenvalue weighted by Crippen LogP contribution is -2.40. The number of carbonyl (C=O) groups is 1. The van der Waals surface area contributed by atoms with Crippen LogP contribution in [-0.4, -0.2) is 32.6 Å². The van der Waals surface area contributed by atoms with Crippen LogP contribution >= 0.6 is 0 Å². The van der Waals surface area contributed by atoms with Crippen molar-refractivity contribution in [1.82, 2.24) is 4.72 Å². The van der Waals surface area contributed by atoms with Crippen molar-refractivity contribution in [2.24, 2.45) is 0 Å². The summed E-state index contributed by atoms with van der Waals surface area (Å²) in [6, 6.07) is 3.57. The van der Waals surface area contributed by atoms with Crippen LogP contribution in [0.3, 0.4) is 0 Å². The van der Waals surface area contributed by atoms with Crippen LogP contribution in [-0.2, 0) is 14.8 Å². The van der Waals surface area contributed by atoms with Gasteiger partial charge in [-0.15, -0.1) is 0 Å². The van der Waals surface area contributed by atoms with Crippen molar-refractivity contribution in [2.45, 2.75) is 37.6 Å². The molecule has 20 heavy (non-hydrogen) atoms. The summed E-state index contributed by atoms with van der Waals surface area (Å²) >= 11 is 0. The maximum absolute atomic E-state index is 12.3. The molecule has 0 spiro atoms. The highest BCUT2D eigenvalue weighted by Gasteiger charge is 2.27. The van der Waals surface area contributed by atoms with Crippen LogP contribution in [0.2, 0.25) is 0 Å². The first-order chi connectivity index (χ1) is 9.31. The summed E-state index contributed by atoms with van der Waals surface area (Å²) in [5.74, 6) is -1.01. The van der Waals surface area contributed by atoms with Crippen LogP contribution < -0.4 is 9.46 Å². The number of nitrogens with one attached hydrogen (secondary N) is 1. The molecule has 0 aliphatic rings. The molecule has 7 heteroatoms. The first kappa shape index (κ1) is 16.5. The fourth-order valence-electron chi connectivity index (χ4n) is 1.77. The predicted molar refractivity (Wildman–Crippen MR) is 74.4 cm³/mol. The minimum absolute atomic E-state index is 0.0534. The molecule has 1 aromatic carbocycles. The number of hydrogen-bond donors (Lipinski definition) is 2. The second kappa shape index (κ2) is 6.71. The largest absolute Gasteiger partial charge is 0.495 e. The Labute approximate surface area is 118 Å². The highest BCUT2D eigenvalue weighted by molar-refractivity contribution is 7.89. The van der Waals surface area contributed by atoms with Crippen LogP contribution in [0, 0.1) is 6.92 Å². The summed E-state index contributed by atoms with van der Waals surface area (Å²) in [6.07, 6.45) is 0.785. The van der Waals surface area contributed by atoms with Crippen molar-refractivity contribution in [2.75, 3.05) is 7.11 Å². The second-order valence-electron chi connectivity index (χ2n) is 4.46. The highest BCUT2D eigenvalue weighted by Crippen LogP contribution is 2.25. The maximum atomic E-state index is 12.3. The second-order valence-corrected chi connectivity index (χ2v) is 6.14. The molecule has 1 rings (SSSR count). The Hall–Kier alpha value is -1.60. The van der Waals surface area contributed by atoms with Crippen molar-refractivity contribution >= 4 is 16.0 Å². The molecule has 112 valence electrons. The van der Waals surface area contributed by atoms with Gasteiger partial charge in [0.05, 0.1) is 7.11 Å². The zero-order valence-electron chi connectivity index (χ0n) is 11.7. The number of rotatable bonds is 7. The van der Waals surface area contributed by atoms with E-state index in [-0.39, 0.29) is 17.1 Å². The number of aliphatic carboxylic acids is 1. The molecule has 0 saturated heterocycles. The third kappa shape index (κ3) is 3.94. The molecule has 0 radical (unpaired) electrons. The van der Waals surface area contributed by atoms with Gasteiger partial charge in [-0.05, 0) is 31.0 Å². The Bertz CT molecular complexity index is 582. The summed E-state index contributed by atoms with van der Waals surface area (Å²) in [6.45, 7) is 3.54. The Morgan fingerprint density at radius 1 is 1.45 bits per heavy atom. The summed E-state index contributed by atoms with van der Waals surface area (Å²) in [5, 5.41) is 9.04. The Morgan fingerprint density at radius 2 is 2.10 bits per heavy atom. The van der Waals surface area contributed by atoms with Gasteiger partial charge in [0.15, 0.2) is 0 Å². The summed E-state index contributed by atoms with van der Waals surface area (Å²) < 4.78 is 31.8. The SMILES string of the molecule is CCC[C@H](NS(=O)(=O)c1cc(C)ccc1OC)C(=O)O. The van der Waals surface area contributed by atoms with Crippen molar-refractivity contribution in [1.29, 1.82) is 0 Å². The van der Waals surface area contributed by atoms with E-state index in [4.69, 9.17) is 9.84 Å². The number of methoxy groups -OCH3 is 1. The fourth-order valence-corrected chi connectivity index (χ4v) is 3.24. The van der Waals surface area contributed by atoms with Crippen LogP contribution in [0.5, 0.6) is 5.75 Å². The molecule has 0 fully saturated rings. The molecular formula is C13H19NO5S. The van der Waals surface area contributed by atoms with Gasteiger partial charge in [0.1, 0.15) is 16.7 Å². The van der Waals surface area contributed by atoms with Gasteiger partial charge in [-0.1, -0.05) is 19.4 Å².